The molecule has 0 spiro atoms. The van der Waals surface area contributed by atoms with Crippen LogP contribution in [0.1, 0.15) is 63.0 Å². The van der Waals surface area contributed by atoms with Crippen LogP contribution < -0.4 is 0 Å². The second-order valence-corrected chi connectivity index (χ2v) is 9.82. The third-order valence-corrected chi connectivity index (χ3v) is 7.05. The molecule has 4 heteroatoms. The summed E-state index contributed by atoms with van der Waals surface area (Å²) in [6, 6.07) is 25.6. The van der Waals surface area contributed by atoms with E-state index in [4.69, 9.17) is 4.18 Å². The van der Waals surface area contributed by atoms with Gasteiger partial charge in [0.25, 0.3) is 10.1 Å². The first kappa shape index (κ1) is 24.2. The Bertz CT molecular complexity index is 1020. The molecule has 3 nitrogen and oxygen atoms in total. The predicted octanol–water partition coefficient (Wildman–Crippen LogP) is 7.40. The highest BCUT2D eigenvalue weighted by atomic mass is 32.2. The molecule has 0 heterocycles. The fourth-order valence-electron chi connectivity index (χ4n) is 3.96. The van der Waals surface area contributed by atoms with Gasteiger partial charge in [0.15, 0.2) is 0 Å². The highest BCUT2D eigenvalue weighted by Crippen LogP contribution is 2.35. The predicted molar refractivity (Wildman–Crippen MR) is 132 cm³/mol. The SMILES string of the molecule is CCCCCCCCCOS(=O)(=O)c1ccccc1.c1ccc2c(c1)Cc1ccccc1-2. The Labute approximate surface area is 193 Å². The average Bonchev–Trinajstić information content (AvgIpc) is 3.21. The molecule has 4 rings (SSSR count). The lowest BCUT2D eigenvalue weighted by molar-refractivity contribution is 0.306. The quantitative estimate of drug-likeness (QED) is 0.187. The van der Waals surface area contributed by atoms with E-state index in [-0.39, 0.29) is 11.5 Å². The fourth-order valence-corrected chi connectivity index (χ4v) is 4.93. The second-order valence-electron chi connectivity index (χ2n) is 8.20. The summed E-state index contributed by atoms with van der Waals surface area (Å²) in [5.74, 6) is 0. The van der Waals surface area contributed by atoms with E-state index in [1.165, 1.54) is 47.9 Å². The van der Waals surface area contributed by atoms with Gasteiger partial charge in [-0.1, -0.05) is 112 Å². The van der Waals surface area contributed by atoms with Gasteiger partial charge in [0.05, 0.1) is 11.5 Å². The second kappa shape index (κ2) is 12.6. The first-order valence-electron chi connectivity index (χ1n) is 11.7. The minimum absolute atomic E-state index is 0.234. The largest absolute Gasteiger partial charge is 0.296 e. The molecule has 0 bridgehead atoms. The molecule has 1 aliphatic rings. The van der Waals surface area contributed by atoms with Gasteiger partial charge < -0.3 is 0 Å². The maximum Gasteiger partial charge on any atom is 0.296 e. The number of hydrogen-bond donors (Lipinski definition) is 0. The third kappa shape index (κ3) is 7.04. The number of hydrogen-bond acceptors (Lipinski definition) is 3. The van der Waals surface area contributed by atoms with E-state index >= 15 is 0 Å². The lowest BCUT2D eigenvalue weighted by Gasteiger charge is -2.05. The fraction of sp³-hybridized carbons (Fsp3) is 0.357. The Morgan fingerprint density at radius 2 is 1.16 bits per heavy atom. The van der Waals surface area contributed by atoms with Crippen molar-refractivity contribution >= 4 is 10.1 Å². The van der Waals surface area contributed by atoms with Crippen LogP contribution in [0, 0.1) is 0 Å². The van der Waals surface area contributed by atoms with E-state index in [0.717, 1.165) is 25.7 Å². The van der Waals surface area contributed by atoms with Gasteiger partial charge in [0, 0.05) is 0 Å². The molecule has 3 aromatic carbocycles. The van der Waals surface area contributed by atoms with E-state index in [0.29, 0.717) is 0 Å². The van der Waals surface area contributed by atoms with Crippen molar-refractivity contribution in [3.8, 4) is 11.1 Å². The van der Waals surface area contributed by atoms with Gasteiger partial charge in [-0.3, -0.25) is 4.18 Å². The molecular weight excluding hydrogens is 416 g/mol. The van der Waals surface area contributed by atoms with Crippen molar-refractivity contribution in [3.63, 3.8) is 0 Å². The van der Waals surface area contributed by atoms with Crippen molar-refractivity contribution < 1.29 is 12.6 Å². The van der Waals surface area contributed by atoms with Gasteiger partial charge in [-0.25, -0.2) is 0 Å². The van der Waals surface area contributed by atoms with Crippen molar-refractivity contribution in [2.75, 3.05) is 6.61 Å². The summed E-state index contributed by atoms with van der Waals surface area (Å²) >= 11 is 0. The summed E-state index contributed by atoms with van der Waals surface area (Å²) in [5.41, 5.74) is 5.75. The van der Waals surface area contributed by atoms with Crippen LogP contribution >= 0.6 is 0 Å². The van der Waals surface area contributed by atoms with E-state index in [1.807, 2.05) is 0 Å². The van der Waals surface area contributed by atoms with E-state index in [9.17, 15) is 8.42 Å². The van der Waals surface area contributed by atoms with Gasteiger partial charge in [0.1, 0.15) is 0 Å². The van der Waals surface area contributed by atoms with Crippen LogP contribution in [0.3, 0.4) is 0 Å². The molecule has 0 fully saturated rings. The summed E-state index contributed by atoms with van der Waals surface area (Å²) in [6.07, 6.45) is 9.16. The van der Waals surface area contributed by atoms with Crippen LogP contribution in [0.25, 0.3) is 11.1 Å². The van der Waals surface area contributed by atoms with Gasteiger partial charge in [-0.15, -0.1) is 0 Å². The molecule has 0 aromatic heterocycles. The Morgan fingerprint density at radius 1 is 0.656 bits per heavy atom. The highest BCUT2D eigenvalue weighted by Gasteiger charge is 2.16. The van der Waals surface area contributed by atoms with Gasteiger partial charge >= 0.3 is 0 Å². The van der Waals surface area contributed by atoms with Crippen molar-refractivity contribution in [3.05, 3.63) is 90.0 Å². The molecule has 0 aliphatic heterocycles. The summed E-state index contributed by atoms with van der Waals surface area (Å²) in [4.78, 5) is 0.234. The minimum atomic E-state index is -3.56. The van der Waals surface area contributed by atoms with Crippen molar-refractivity contribution in [1.82, 2.24) is 0 Å². The summed E-state index contributed by atoms with van der Waals surface area (Å²) in [5, 5.41) is 0. The Hall–Kier alpha value is -2.43. The smallest absolute Gasteiger partial charge is 0.266 e. The van der Waals surface area contributed by atoms with Crippen LogP contribution in [0.4, 0.5) is 0 Å². The van der Waals surface area contributed by atoms with E-state index < -0.39 is 10.1 Å². The Kier molecular flexibility index (Phi) is 9.51. The Balaban J connectivity index is 0.000000191. The number of fused-ring (bicyclic) bond motifs is 3. The number of rotatable bonds is 10. The summed E-state index contributed by atoms with van der Waals surface area (Å²) in [7, 11) is -3.56. The molecule has 0 N–H and O–H groups in total. The lowest BCUT2D eigenvalue weighted by Crippen LogP contribution is -2.07. The normalized spacial score (nSPS) is 11.9. The molecule has 0 saturated heterocycles. The van der Waals surface area contributed by atoms with Crippen LogP contribution in [-0.4, -0.2) is 15.0 Å². The minimum Gasteiger partial charge on any atom is -0.266 e. The molecular formula is C28H34O3S. The average molecular weight is 451 g/mol. The molecule has 0 atom stereocenters. The topological polar surface area (TPSA) is 43.4 Å². The van der Waals surface area contributed by atoms with Gasteiger partial charge in [-0.2, -0.15) is 8.42 Å². The van der Waals surface area contributed by atoms with E-state index in [1.54, 1.807) is 30.3 Å². The van der Waals surface area contributed by atoms with Crippen molar-refractivity contribution in [1.29, 1.82) is 0 Å². The first-order valence-corrected chi connectivity index (χ1v) is 13.1. The van der Waals surface area contributed by atoms with Crippen molar-refractivity contribution in [2.24, 2.45) is 0 Å². The van der Waals surface area contributed by atoms with Crippen LogP contribution in [0.2, 0.25) is 0 Å². The molecule has 0 unspecified atom stereocenters. The molecule has 3 aromatic rings. The monoisotopic (exact) mass is 450 g/mol. The summed E-state index contributed by atoms with van der Waals surface area (Å²) < 4.78 is 28.6. The van der Waals surface area contributed by atoms with Crippen LogP contribution in [0.15, 0.2) is 83.8 Å². The molecule has 1 aliphatic carbocycles. The van der Waals surface area contributed by atoms with Crippen LogP contribution in [-0.2, 0) is 20.7 Å². The van der Waals surface area contributed by atoms with Gasteiger partial charge in [-0.05, 0) is 47.2 Å². The zero-order chi connectivity index (χ0) is 22.7. The standard InChI is InChI=1S/C15H24O3S.C13H10/c1-2-3-4-5-6-7-11-14-18-19(16,17)15-12-9-8-10-13-15;1-3-7-12-10(5-1)9-11-6-2-4-8-13(11)12/h8-10,12-13H,2-7,11,14H2,1H3;1-8H,9H2. The maximum absolute atomic E-state index is 11.8. The lowest BCUT2D eigenvalue weighted by atomic mass is 10.1. The zero-order valence-electron chi connectivity index (χ0n) is 19.0. The molecule has 0 saturated carbocycles. The number of benzene rings is 3. The molecule has 170 valence electrons. The highest BCUT2D eigenvalue weighted by molar-refractivity contribution is 7.86. The first-order chi connectivity index (χ1) is 15.6. The Morgan fingerprint density at radius 3 is 1.75 bits per heavy atom. The van der Waals surface area contributed by atoms with Gasteiger partial charge in [0.2, 0.25) is 0 Å². The molecule has 32 heavy (non-hydrogen) atoms. The third-order valence-electron chi connectivity index (χ3n) is 5.72. The van der Waals surface area contributed by atoms with Crippen molar-refractivity contribution in [2.45, 2.75) is 63.2 Å². The van der Waals surface area contributed by atoms with E-state index in [2.05, 4.69) is 55.5 Å². The number of unbranched alkanes of at least 4 members (excludes halogenated alkanes) is 6. The molecule has 0 amide bonds. The van der Waals surface area contributed by atoms with Crippen LogP contribution in [0.5, 0.6) is 0 Å². The maximum atomic E-state index is 11.8. The zero-order valence-corrected chi connectivity index (χ0v) is 19.8. The summed E-state index contributed by atoms with van der Waals surface area (Å²) in [6.45, 7) is 2.48. The molecule has 0 radical (unpaired) electrons.